The van der Waals surface area contributed by atoms with Crippen molar-refractivity contribution in [3.05, 3.63) is 99.5 Å². The molecule has 0 aliphatic carbocycles. The first-order valence-electron chi connectivity index (χ1n) is 14.4. The fourth-order valence-corrected chi connectivity index (χ4v) is 4.88. The Hall–Kier alpha value is -3.30. The van der Waals surface area contributed by atoms with Crippen LogP contribution in [0.2, 0.25) is 10.0 Å². The summed E-state index contributed by atoms with van der Waals surface area (Å²) in [4.78, 5) is 25.9. The van der Waals surface area contributed by atoms with Crippen LogP contribution in [0.4, 0.5) is 4.79 Å². The predicted molar refractivity (Wildman–Crippen MR) is 167 cm³/mol. The summed E-state index contributed by atoms with van der Waals surface area (Å²) in [5.41, 5.74) is 2.84. The minimum Gasteiger partial charge on any atom is -0.492 e. The summed E-state index contributed by atoms with van der Waals surface area (Å²) in [5.74, 6) is -0.366. The molecule has 0 saturated heterocycles. The molecular weight excluding hydrogens is 593 g/mol. The summed E-state index contributed by atoms with van der Waals surface area (Å²) in [6.45, 7) is 4.42. The SMILES string of the molecule is CCOC(Cc1ccc(OCCN(CCCCOCc2cc(Cl)cc(Cl)c2)C(=O)OCCc2ccccc2)cc1)C(=O)O. The smallest absolute Gasteiger partial charge is 0.409 e. The molecule has 0 aromatic heterocycles. The summed E-state index contributed by atoms with van der Waals surface area (Å²) >= 11 is 12.1. The maximum atomic E-state index is 12.9. The van der Waals surface area contributed by atoms with Gasteiger partial charge in [-0.1, -0.05) is 65.7 Å². The highest BCUT2D eigenvalue weighted by atomic mass is 35.5. The van der Waals surface area contributed by atoms with Gasteiger partial charge in [0.2, 0.25) is 0 Å². The van der Waals surface area contributed by atoms with E-state index in [0.29, 0.717) is 55.1 Å². The molecule has 8 nitrogen and oxygen atoms in total. The lowest BCUT2D eigenvalue weighted by molar-refractivity contribution is -0.149. The Morgan fingerprint density at radius 2 is 1.56 bits per heavy atom. The number of carbonyl (C=O) groups excluding carboxylic acids is 1. The molecule has 0 heterocycles. The van der Waals surface area contributed by atoms with Crippen molar-refractivity contribution < 1.29 is 33.6 Å². The largest absolute Gasteiger partial charge is 0.492 e. The van der Waals surface area contributed by atoms with Crippen LogP contribution in [0.25, 0.3) is 0 Å². The third-order valence-corrected chi connectivity index (χ3v) is 6.93. The highest BCUT2D eigenvalue weighted by Crippen LogP contribution is 2.20. The summed E-state index contributed by atoms with van der Waals surface area (Å²) in [6, 6.07) is 22.4. The van der Waals surface area contributed by atoms with Gasteiger partial charge in [0.15, 0.2) is 6.10 Å². The Morgan fingerprint density at radius 1 is 0.837 bits per heavy atom. The second-order valence-electron chi connectivity index (χ2n) is 9.85. The van der Waals surface area contributed by atoms with Crippen molar-refractivity contribution in [2.45, 2.75) is 45.3 Å². The van der Waals surface area contributed by atoms with Gasteiger partial charge in [-0.15, -0.1) is 0 Å². The molecule has 1 unspecified atom stereocenters. The number of hydrogen-bond acceptors (Lipinski definition) is 6. The number of hydrogen-bond donors (Lipinski definition) is 1. The number of amides is 1. The van der Waals surface area contributed by atoms with E-state index < -0.39 is 12.1 Å². The van der Waals surface area contributed by atoms with Gasteiger partial charge < -0.3 is 29.0 Å². The van der Waals surface area contributed by atoms with E-state index in [4.69, 9.17) is 42.1 Å². The van der Waals surface area contributed by atoms with Crippen molar-refractivity contribution in [3.63, 3.8) is 0 Å². The Labute approximate surface area is 263 Å². The van der Waals surface area contributed by atoms with Gasteiger partial charge in [-0.05, 0) is 66.8 Å². The molecule has 1 atom stereocenters. The predicted octanol–water partition coefficient (Wildman–Crippen LogP) is 7.08. The second kappa shape index (κ2) is 19.1. The minimum atomic E-state index is -0.990. The van der Waals surface area contributed by atoms with E-state index in [9.17, 15) is 14.7 Å². The molecule has 3 aromatic carbocycles. The number of benzene rings is 3. The van der Waals surface area contributed by atoms with Crippen molar-refractivity contribution >= 4 is 35.3 Å². The number of carboxylic acid groups (broad SMARTS) is 1. The average molecular weight is 633 g/mol. The monoisotopic (exact) mass is 631 g/mol. The first-order valence-corrected chi connectivity index (χ1v) is 15.1. The van der Waals surface area contributed by atoms with Crippen LogP contribution in [0, 0.1) is 0 Å². The molecule has 10 heteroatoms. The highest BCUT2D eigenvalue weighted by molar-refractivity contribution is 6.34. The standard InChI is InChI=1S/C33H39Cl2NO7/c1-2-41-31(32(37)38)22-26-10-12-30(13-11-26)42-19-16-36(33(39)43-18-14-25-8-4-3-5-9-25)15-6-7-17-40-24-27-20-28(34)23-29(35)21-27/h3-5,8-13,20-21,23,31H,2,6-7,14-19,22,24H2,1H3,(H,37,38). The van der Waals surface area contributed by atoms with Gasteiger partial charge >= 0.3 is 12.1 Å². The van der Waals surface area contributed by atoms with Crippen molar-refractivity contribution in [3.8, 4) is 5.75 Å². The molecule has 0 aliphatic rings. The third kappa shape index (κ3) is 13.3. The molecule has 3 rings (SSSR count). The van der Waals surface area contributed by atoms with E-state index in [0.717, 1.165) is 29.5 Å². The van der Waals surface area contributed by atoms with E-state index in [-0.39, 0.29) is 25.7 Å². The van der Waals surface area contributed by atoms with Crippen molar-refractivity contribution in [2.75, 3.05) is 39.5 Å². The van der Waals surface area contributed by atoms with Gasteiger partial charge in [0.1, 0.15) is 12.4 Å². The van der Waals surface area contributed by atoms with Crippen LogP contribution in [0.5, 0.6) is 5.75 Å². The molecule has 0 fully saturated rings. The molecule has 3 aromatic rings. The quantitative estimate of drug-likeness (QED) is 0.141. The lowest BCUT2D eigenvalue weighted by Gasteiger charge is -2.22. The molecule has 0 aliphatic heterocycles. The Bertz CT molecular complexity index is 1240. The Balaban J connectivity index is 1.46. The molecular formula is C33H39Cl2NO7. The maximum absolute atomic E-state index is 12.9. The maximum Gasteiger partial charge on any atom is 0.409 e. The highest BCUT2D eigenvalue weighted by Gasteiger charge is 2.18. The van der Waals surface area contributed by atoms with Crippen LogP contribution in [-0.2, 0) is 38.5 Å². The normalized spacial score (nSPS) is 11.6. The molecule has 0 spiro atoms. The molecule has 232 valence electrons. The average Bonchev–Trinajstić information content (AvgIpc) is 2.98. The topological polar surface area (TPSA) is 94.5 Å². The number of unbranched alkanes of at least 4 members (excludes halogenated alkanes) is 1. The molecule has 0 bridgehead atoms. The van der Waals surface area contributed by atoms with Crippen LogP contribution < -0.4 is 4.74 Å². The summed E-state index contributed by atoms with van der Waals surface area (Å²) in [5, 5.41) is 10.4. The number of carbonyl (C=O) groups is 2. The minimum absolute atomic E-state index is 0.266. The molecule has 0 radical (unpaired) electrons. The number of rotatable bonds is 19. The number of aliphatic carboxylic acids is 1. The van der Waals surface area contributed by atoms with Crippen LogP contribution >= 0.6 is 23.2 Å². The Kier molecular flexibility index (Phi) is 15.2. The zero-order valence-corrected chi connectivity index (χ0v) is 25.9. The van der Waals surface area contributed by atoms with Gasteiger partial charge in [0.25, 0.3) is 0 Å². The van der Waals surface area contributed by atoms with E-state index in [1.165, 1.54) is 0 Å². The van der Waals surface area contributed by atoms with Crippen molar-refractivity contribution in [1.29, 1.82) is 0 Å². The summed E-state index contributed by atoms with van der Waals surface area (Å²) in [7, 11) is 0. The van der Waals surface area contributed by atoms with Crippen LogP contribution in [-0.4, -0.2) is 67.7 Å². The van der Waals surface area contributed by atoms with E-state index >= 15 is 0 Å². The van der Waals surface area contributed by atoms with E-state index in [1.54, 1.807) is 30.0 Å². The van der Waals surface area contributed by atoms with Gasteiger partial charge in [0, 0.05) is 42.6 Å². The lowest BCUT2D eigenvalue weighted by Crippen LogP contribution is -2.36. The van der Waals surface area contributed by atoms with Crippen LogP contribution in [0.15, 0.2) is 72.8 Å². The molecule has 0 saturated carbocycles. The van der Waals surface area contributed by atoms with E-state index in [1.807, 2.05) is 54.6 Å². The zero-order chi connectivity index (χ0) is 30.9. The number of carboxylic acids is 1. The Morgan fingerprint density at radius 3 is 2.23 bits per heavy atom. The molecule has 1 amide bonds. The van der Waals surface area contributed by atoms with Crippen LogP contribution in [0.1, 0.15) is 36.5 Å². The summed E-state index contributed by atoms with van der Waals surface area (Å²) < 4.78 is 22.5. The van der Waals surface area contributed by atoms with Crippen LogP contribution in [0.3, 0.4) is 0 Å². The third-order valence-electron chi connectivity index (χ3n) is 6.49. The fraction of sp³-hybridized carbons (Fsp3) is 0.394. The number of halogens is 2. The lowest BCUT2D eigenvalue weighted by atomic mass is 10.1. The zero-order valence-electron chi connectivity index (χ0n) is 24.4. The van der Waals surface area contributed by atoms with Gasteiger partial charge in [-0.25, -0.2) is 9.59 Å². The number of ether oxygens (including phenoxy) is 4. The van der Waals surface area contributed by atoms with Gasteiger partial charge in [-0.3, -0.25) is 0 Å². The second-order valence-corrected chi connectivity index (χ2v) is 10.7. The molecule has 1 N–H and O–H groups in total. The van der Waals surface area contributed by atoms with E-state index in [2.05, 4.69) is 0 Å². The first-order chi connectivity index (χ1) is 20.8. The fourth-order valence-electron chi connectivity index (χ4n) is 4.31. The van der Waals surface area contributed by atoms with Gasteiger partial charge in [-0.2, -0.15) is 0 Å². The van der Waals surface area contributed by atoms with Gasteiger partial charge in [0.05, 0.1) is 19.8 Å². The number of nitrogens with zero attached hydrogens (tertiary/aromatic N) is 1. The first kappa shape index (κ1) is 34.2. The summed E-state index contributed by atoms with van der Waals surface area (Å²) in [6.07, 6.45) is 1.10. The van der Waals surface area contributed by atoms with Crippen molar-refractivity contribution in [1.82, 2.24) is 4.90 Å². The van der Waals surface area contributed by atoms with Crippen molar-refractivity contribution in [2.24, 2.45) is 0 Å². The molecule has 43 heavy (non-hydrogen) atoms.